The molecule has 0 bridgehead atoms. The van der Waals surface area contributed by atoms with Crippen molar-refractivity contribution in [3.63, 3.8) is 0 Å². The summed E-state index contributed by atoms with van der Waals surface area (Å²) >= 11 is 0. The van der Waals surface area contributed by atoms with Crippen molar-refractivity contribution < 1.29 is 29.3 Å². The van der Waals surface area contributed by atoms with Crippen LogP contribution in [0.15, 0.2) is 126 Å². The van der Waals surface area contributed by atoms with Crippen molar-refractivity contribution in [3.8, 4) is 45.2 Å². The molecule has 0 unspecified atom stereocenters. The van der Waals surface area contributed by atoms with Gasteiger partial charge >= 0.3 is 0 Å². The molecule has 0 N–H and O–H groups in total. The Morgan fingerprint density at radius 2 is 1.44 bits per heavy atom. The normalized spacial score (nSPS) is 11.6. The van der Waals surface area contributed by atoms with Gasteiger partial charge in [-0.15, -0.1) is 35.9 Å². The summed E-state index contributed by atoms with van der Waals surface area (Å²) in [6.07, 6.45) is 6.41. The van der Waals surface area contributed by atoms with Crippen molar-refractivity contribution in [2.45, 2.75) is 79.4 Å². The van der Waals surface area contributed by atoms with Gasteiger partial charge in [0.15, 0.2) is 0 Å². The van der Waals surface area contributed by atoms with Crippen molar-refractivity contribution >= 4 is 35.3 Å². The van der Waals surface area contributed by atoms with E-state index in [2.05, 4.69) is 162 Å². The van der Waals surface area contributed by atoms with Crippen LogP contribution in [0.3, 0.4) is 0 Å². The third-order valence-corrected chi connectivity index (χ3v) is 12.7. The van der Waals surface area contributed by atoms with Crippen LogP contribution in [-0.4, -0.2) is 29.7 Å². The van der Waals surface area contributed by atoms with Gasteiger partial charge in [0.05, 0.1) is 32.0 Å². The van der Waals surface area contributed by atoms with E-state index in [1.54, 1.807) is 7.11 Å². The number of methoxy groups -OCH3 is 1. The molecule has 0 aliphatic rings. The maximum atomic E-state index is 5.89. The molecular weight excluding hydrogens is 919 g/mol. The summed E-state index contributed by atoms with van der Waals surface area (Å²) in [5.74, 6) is 2.85. The summed E-state index contributed by atoms with van der Waals surface area (Å²) in [6.45, 7) is 20.8. The Kier molecular flexibility index (Phi) is 13.6. The van der Waals surface area contributed by atoms with Gasteiger partial charge in [0, 0.05) is 43.8 Å². The Balaban J connectivity index is 0.000000236. The summed E-state index contributed by atoms with van der Waals surface area (Å²) < 4.78 is 13.7. The predicted molar refractivity (Wildman–Crippen MR) is 245 cm³/mol. The minimum atomic E-state index is -1.34. The SMILES string of the molecule is CC(C)Cc1cc(-c2[c-]cccc2)ncc1[Si](C)(C)C.COc1ccc2o[c-]c(-c3nc4ccccc4n3-c3c(C(C)C)cc(-c4ccccc4)cc3C(C)C)c2c1.[Ir]. The molecule has 8 aromatic rings. The number of rotatable bonds is 10. The first-order valence-corrected chi connectivity index (χ1v) is 24.0. The molecule has 59 heavy (non-hydrogen) atoms. The molecule has 8 rings (SSSR count). The van der Waals surface area contributed by atoms with Gasteiger partial charge in [-0.25, -0.2) is 0 Å². The Labute approximate surface area is 365 Å². The van der Waals surface area contributed by atoms with Crippen LogP contribution in [0, 0.1) is 18.2 Å². The first-order chi connectivity index (χ1) is 27.8. The van der Waals surface area contributed by atoms with Crippen LogP contribution in [-0.2, 0) is 26.5 Å². The summed E-state index contributed by atoms with van der Waals surface area (Å²) in [6, 6.07) is 43.1. The van der Waals surface area contributed by atoms with Gasteiger partial charge in [-0.2, -0.15) is 0 Å². The van der Waals surface area contributed by atoms with E-state index < -0.39 is 8.07 Å². The third-order valence-electron chi connectivity index (χ3n) is 10.7. The van der Waals surface area contributed by atoms with E-state index in [1.807, 2.05) is 42.5 Å². The monoisotopic (exact) mass is 974 g/mol. The van der Waals surface area contributed by atoms with Crippen molar-refractivity contribution in [3.05, 3.63) is 150 Å². The van der Waals surface area contributed by atoms with E-state index in [4.69, 9.17) is 14.1 Å². The average Bonchev–Trinajstić information content (AvgIpc) is 3.81. The quantitative estimate of drug-likeness (QED) is 0.101. The molecule has 7 heteroatoms. The second-order valence-corrected chi connectivity index (χ2v) is 22.3. The zero-order chi connectivity index (χ0) is 41.1. The molecule has 1 radical (unpaired) electrons. The van der Waals surface area contributed by atoms with Crippen LogP contribution in [0.4, 0.5) is 0 Å². The second-order valence-electron chi connectivity index (χ2n) is 17.2. The largest absolute Gasteiger partial charge is 0.557 e. The van der Waals surface area contributed by atoms with E-state index in [9.17, 15) is 0 Å². The molecule has 0 amide bonds. The topological polar surface area (TPSA) is 53.1 Å². The number of benzene rings is 5. The zero-order valence-corrected chi connectivity index (χ0v) is 39.4. The molecule has 5 aromatic carbocycles. The van der Waals surface area contributed by atoms with Gasteiger partial charge in [-0.1, -0.05) is 138 Å². The summed E-state index contributed by atoms with van der Waals surface area (Å²) in [4.78, 5) is 9.84. The molecule has 0 saturated heterocycles. The van der Waals surface area contributed by atoms with Gasteiger partial charge in [0.2, 0.25) is 0 Å². The minimum Gasteiger partial charge on any atom is -0.557 e. The standard InChI is InChI=1S/C34H31N2O2.C18H24NSi.Ir/c1-21(2)26-17-24(23-11-7-6-8-12-23)18-27(22(3)4)33(26)36-31-14-10-9-13-30(31)35-34(36)29-20-38-32-16-15-25(37-5)19-28(29)32;1-14(2)11-16-12-17(15-9-7-6-8-10-15)19-13-18(16)20(3,4)5;/h6-19,21-22H,1-5H3;6-9,12-14H,11H2,1-5H3;/q2*-1;. The number of hydrogen-bond donors (Lipinski definition) is 0. The molecule has 0 fully saturated rings. The van der Waals surface area contributed by atoms with Gasteiger partial charge in [-0.3, -0.25) is 4.98 Å². The Hall–Kier alpha value is -5.07. The molecule has 5 nitrogen and oxygen atoms in total. The summed E-state index contributed by atoms with van der Waals surface area (Å²) in [7, 11) is 0.337. The number of aromatic nitrogens is 3. The van der Waals surface area contributed by atoms with Gasteiger partial charge in [-0.05, 0) is 87.6 Å². The van der Waals surface area contributed by atoms with Gasteiger partial charge in [0.25, 0.3) is 0 Å². The molecule has 305 valence electrons. The van der Waals surface area contributed by atoms with Crippen LogP contribution in [0.1, 0.15) is 70.1 Å². The van der Waals surface area contributed by atoms with E-state index in [-0.39, 0.29) is 20.1 Å². The first kappa shape index (κ1) is 43.5. The van der Waals surface area contributed by atoms with E-state index in [0.717, 1.165) is 56.8 Å². The van der Waals surface area contributed by atoms with Gasteiger partial charge in [0.1, 0.15) is 5.75 Å². The van der Waals surface area contributed by atoms with Crippen LogP contribution >= 0.6 is 0 Å². The molecule has 0 aliphatic carbocycles. The maximum absolute atomic E-state index is 5.89. The van der Waals surface area contributed by atoms with Crippen LogP contribution < -0.4 is 9.92 Å². The predicted octanol–water partition coefficient (Wildman–Crippen LogP) is 13.5. The molecule has 0 aliphatic heterocycles. The third kappa shape index (κ3) is 9.39. The number of pyridine rings is 1. The molecule has 0 saturated carbocycles. The second kappa shape index (κ2) is 18.5. The number of fused-ring (bicyclic) bond motifs is 2. The fourth-order valence-electron chi connectivity index (χ4n) is 7.76. The minimum absolute atomic E-state index is 0. The molecule has 3 aromatic heterocycles. The van der Waals surface area contributed by atoms with Crippen molar-refractivity contribution in [1.29, 1.82) is 0 Å². The van der Waals surface area contributed by atoms with Crippen LogP contribution in [0.25, 0.3) is 61.5 Å². The Bertz CT molecular complexity index is 2630. The van der Waals surface area contributed by atoms with Gasteiger partial charge < -0.3 is 18.7 Å². The average molecular weight is 974 g/mol. The number of imidazole rings is 1. The van der Waals surface area contributed by atoms with Crippen molar-refractivity contribution in [2.24, 2.45) is 5.92 Å². The number of furan rings is 1. The summed E-state index contributed by atoms with van der Waals surface area (Å²) in [5, 5.41) is 2.42. The molecular formula is C52H55IrN3O2Si-2. The number of hydrogen-bond acceptors (Lipinski definition) is 4. The molecule has 0 spiro atoms. The Morgan fingerprint density at radius 3 is 2.07 bits per heavy atom. The summed E-state index contributed by atoms with van der Waals surface area (Å²) in [5.41, 5.74) is 13.4. The Morgan fingerprint density at radius 1 is 0.763 bits per heavy atom. The van der Waals surface area contributed by atoms with Crippen LogP contribution in [0.2, 0.25) is 19.6 Å². The number of ether oxygens (including phenoxy) is 1. The molecule has 3 heterocycles. The van der Waals surface area contributed by atoms with E-state index >= 15 is 0 Å². The fourth-order valence-corrected chi connectivity index (χ4v) is 9.35. The van der Waals surface area contributed by atoms with Crippen molar-refractivity contribution in [2.75, 3.05) is 7.11 Å². The van der Waals surface area contributed by atoms with E-state index in [1.165, 1.54) is 38.7 Å². The number of nitrogens with zero attached hydrogens (tertiary/aromatic N) is 3. The number of para-hydroxylation sites is 2. The molecule has 0 atom stereocenters. The van der Waals surface area contributed by atoms with E-state index in [0.29, 0.717) is 17.8 Å². The smallest absolute Gasteiger partial charge is 0.108 e. The van der Waals surface area contributed by atoms with Crippen molar-refractivity contribution in [1.82, 2.24) is 14.5 Å². The maximum Gasteiger partial charge on any atom is 0.108 e. The fraction of sp³-hybridized carbons (Fsp3) is 0.269. The zero-order valence-electron chi connectivity index (χ0n) is 36.0. The first-order valence-electron chi connectivity index (χ1n) is 20.5. The van der Waals surface area contributed by atoms with Crippen LogP contribution in [0.5, 0.6) is 5.75 Å².